The van der Waals surface area contributed by atoms with Gasteiger partial charge >= 0.3 is 25.7 Å². The molecule has 0 aliphatic heterocycles. The zero-order valence-corrected chi connectivity index (χ0v) is 46.1. The average molecular weight is 1010 g/mol. The molecule has 0 rings (SSSR count). The summed E-state index contributed by atoms with van der Waals surface area (Å²) in [6, 6.07) is 0. The van der Waals surface area contributed by atoms with E-state index in [2.05, 4.69) is 57.2 Å². The summed E-state index contributed by atoms with van der Waals surface area (Å²) in [4.78, 5) is 48.5. The number of ether oxygens (including phenoxy) is 3. The number of phosphoric acid groups is 1. The van der Waals surface area contributed by atoms with Crippen LogP contribution in [0.4, 0.5) is 0 Å². The van der Waals surface area contributed by atoms with Crippen molar-refractivity contribution in [1.29, 1.82) is 0 Å². The van der Waals surface area contributed by atoms with Crippen molar-refractivity contribution in [3.63, 3.8) is 0 Å². The highest BCUT2D eigenvalue weighted by atomic mass is 31.2. The van der Waals surface area contributed by atoms with Crippen molar-refractivity contribution < 1.29 is 52.2 Å². The van der Waals surface area contributed by atoms with Crippen LogP contribution in [0.2, 0.25) is 0 Å². The van der Waals surface area contributed by atoms with Gasteiger partial charge in [0.25, 0.3) is 0 Å². The first kappa shape index (κ1) is 67.7. The molecule has 12 heteroatoms. The Kier molecular flexibility index (Phi) is 51.3. The Morgan fingerprint density at radius 1 is 0.386 bits per heavy atom. The minimum Gasteiger partial charge on any atom is -0.462 e. The number of carbonyl (C=O) groups excluding carboxylic acids is 3. The minimum atomic E-state index is -4.74. The molecule has 3 unspecified atom stereocenters. The highest BCUT2D eigenvalue weighted by Crippen LogP contribution is 2.43. The molecule has 2 N–H and O–H groups in total. The van der Waals surface area contributed by atoms with E-state index in [0.29, 0.717) is 19.3 Å². The predicted molar refractivity (Wildman–Crippen MR) is 289 cm³/mol. The van der Waals surface area contributed by atoms with E-state index in [1.165, 1.54) is 116 Å². The number of hydrogen-bond acceptors (Lipinski definition) is 10. The first-order valence-electron chi connectivity index (χ1n) is 28.9. The number of aliphatic hydroxyl groups excluding tert-OH is 1. The van der Waals surface area contributed by atoms with Gasteiger partial charge in [0.1, 0.15) is 12.7 Å². The maximum atomic E-state index is 12.9. The van der Waals surface area contributed by atoms with Crippen LogP contribution in [0.25, 0.3) is 0 Å². The fraction of sp³-hybridized carbons (Fsp3) is 0.845. The van der Waals surface area contributed by atoms with Crippen molar-refractivity contribution in [2.24, 2.45) is 0 Å². The maximum absolute atomic E-state index is 12.9. The second kappa shape index (κ2) is 53.0. The molecule has 0 aromatic heterocycles. The third-order valence-electron chi connectivity index (χ3n) is 12.5. The van der Waals surface area contributed by atoms with Crippen LogP contribution in [0.3, 0.4) is 0 Å². The lowest BCUT2D eigenvalue weighted by Gasteiger charge is -2.21. The van der Waals surface area contributed by atoms with Crippen LogP contribution in [-0.2, 0) is 42.2 Å². The number of carbonyl (C=O) groups is 3. The van der Waals surface area contributed by atoms with Crippen LogP contribution in [-0.4, -0.2) is 66.5 Å². The molecular weight excluding hydrogens is 904 g/mol. The van der Waals surface area contributed by atoms with Gasteiger partial charge in [0.2, 0.25) is 0 Å². The molecule has 11 nitrogen and oxygen atoms in total. The summed E-state index contributed by atoms with van der Waals surface area (Å²) in [6.45, 7) is 4.60. The molecule has 410 valence electrons. The van der Waals surface area contributed by atoms with Gasteiger partial charge in [-0.1, -0.05) is 205 Å². The standard InChI is InChI=1S/C58H107O11P/c1-4-7-10-13-16-19-22-24-26-27-29-31-34-37-40-43-46-49-58(62)69-55(51-65-56(60)47-44-41-38-35-33-30-28-25-23-20-17-14-11-8-5-2)53-67-70(63,64)66-52-54(50-59)68-57(61)48-45-42-39-36-32-21-18-15-12-9-6-3/h15,18,24-26,28,54-55,59H,4-14,16-17,19-23,27,29-53H2,1-3H3,(H,63,64)/b18-15-,26-24-,28-25-. The molecule has 0 amide bonds. The molecule has 0 spiro atoms. The molecule has 0 fully saturated rings. The van der Waals surface area contributed by atoms with E-state index in [9.17, 15) is 28.9 Å². The molecule has 0 aliphatic rings. The van der Waals surface area contributed by atoms with Crippen molar-refractivity contribution in [1.82, 2.24) is 0 Å². The van der Waals surface area contributed by atoms with Crippen LogP contribution in [0.15, 0.2) is 36.5 Å². The second-order valence-corrected chi connectivity index (χ2v) is 20.9. The van der Waals surface area contributed by atoms with Gasteiger partial charge in [-0.15, -0.1) is 0 Å². The summed E-state index contributed by atoms with van der Waals surface area (Å²) in [6.07, 6.45) is 53.9. The van der Waals surface area contributed by atoms with Crippen LogP contribution in [0.5, 0.6) is 0 Å². The Bertz CT molecular complexity index is 1320. The number of hydrogen-bond donors (Lipinski definition) is 2. The number of phosphoric ester groups is 1. The quantitative estimate of drug-likeness (QED) is 0.0197. The highest BCUT2D eigenvalue weighted by molar-refractivity contribution is 7.47. The number of allylic oxidation sites excluding steroid dienone is 6. The number of unbranched alkanes of at least 4 members (excludes halogenated alkanes) is 31. The Morgan fingerprint density at radius 2 is 0.671 bits per heavy atom. The van der Waals surface area contributed by atoms with Gasteiger partial charge in [0.15, 0.2) is 6.10 Å². The Hall–Kier alpha value is -2.30. The molecule has 70 heavy (non-hydrogen) atoms. The molecular formula is C58H107O11P. The van der Waals surface area contributed by atoms with Gasteiger partial charge in [-0.2, -0.15) is 0 Å². The first-order chi connectivity index (χ1) is 34.2. The second-order valence-electron chi connectivity index (χ2n) is 19.4. The first-order valence-corrected chi connectivity index (χ1v) is 30.4. The zero-order valence-electron chi connectivity index (χ0n) is 45.2. The van der Waals surface area contributed by atoms with Crippen molar-refractivity contribution in [2.75, 3.05) is 26.4 Å². The van der Waals surface area contributed by atoms with E-state index in [1.54, 1.807) is 0 Å². The smallest absolute Gasteiger partial charge is 0.462 e. The lowest BCUT2D eigenvalue weighted by atomic mass is 10.1. The third kappa shape index (κ3) is 50.6. The molecule has 0 heterocycles. The fourth-order valence-corrected chi connectivity index (χ4v) is 8.82. The fourth-order valence-electron chi connectivity index (χ4n) is 8.03. The summed E-state index contributed by atoms with van der Waals surface area (Å²) in [7, 11) is -4.74. The Labute approximate surface area is 429 Å². The van der Waals surface area contributed by atoms with Crippen molar-refractivity contribution >= 4 is 25.7 Å². The van der Waals surface area contributed by atoms with Crippen molar-refractivity contribution in [2.45, 2.75) is 290 Å². The lowest BCUT2D eigenvalue weighted by molar-refractivity contribution is -0.161. The topological polar surface area (TPSA) is 155 Å². The maximum Gasteiger partial charge on any atom is 0.472 e. The molecule has 0 aromatic carbocycles. The van der Waals surface area contributed by atoms with E-state index in [4.69, 9.17) is 23.3 Å². The average Bonchev–Trinajstić information content (AvgIpc) is 3.35. The van der Waals surface area contributed by atoms with E-state index in [-0.39, 0.29) is 25.9 Å². The third-order valence-corrected chi connectivity index (χ3v) is 13.5. The molecule has 0 radical (unpaired) electrons. The number of rotatable bonds is 54. The van der Waals surface area contributed by atoms with Crippen molar-refractivity contribution in [3.05, 3.63) is 36.5 Å². The molecule has 0 aromatic rings. The zero-order chi connectivity index (χ0) is 51.3. The van der Waals surface area contributed by atoms with E-state index >= 15 is 0 Å². The SMILES string of the molecule is CCCC/C=C\CCCCCCCC(=O)OC(CO)COP(=O)(O)OCC(COC(=O)CCCCCCC/C=C\CCCCCCCC)OC(=O)CCCCCCCCC/C=C\CCCCCCCC. The molecule has 0 aliphatic carbocycles. The van der Waals surface area contributed by atoms with Crippen LogP contribution >= 0.6 is 7.82 Å². The molecule has 3 atom stereocenters. The monoisotopic (exact) mass is 1010 g/mol. The normalized spacial score (nSPS) is 13.6. The van der Waals surface area contributed by atoms with E-state index in [1.807, 2.05) is 0 Å². The summed E-state index contributed by atoms with van der Waals surface area (Å²) in [5, 5.41) is 9.78. The molecule has 0 bridgehead atoms. The van der Waals surface area contributed by atoms with Crippen LogP contribution in [0, 0.1) is 0 Å². The van der Waals surface area contributed by atoms with Gasteiger partial charge in [-0.25, -0.2) is 4.57 Å². The van der Waals surface area contributed by atoms with Gasteiger partial charge < -0.3 is 24.2 Å². The molecule has 0 saturated heterocycles. The van der Waals surface area contributed by atoms with Crippen LogP contribution in [0.1, 0.15) is 278 Å². The minimum absolute atomic E-state index is 0.163. The Balaban J connectivity index is 4.73. The van der Waals surface area contributed by atoms with Gasteiger partial charge in [-0.3, -0.25) is 23.4 Å². The summed E-state index contributed by atoms with van der Waals surface area (Å²) in [5.74, 6) is -1.47. The van der Waals surface area contributed by atoms with Crippen molar-refractivity contribution in [3.8, 4) is 0 Å². The summed E-state index contributed by atoms with van der Waals surface area (Å²) < 4.78 is 39.5. The molecule has 0 saturated carbocycles. The highest BCUT2D eigenvalue weighted by Gasteiger charge is 2.28. The summed E-state index contributed by atoms with van der Waals surface area (Å²) in [5.41, 5.74) is 0. The van der Waals surface area contributed by atoms with Gasteiger partial charge in [0.05, 0.1) is 19.8 Å². The lowest BCUT2D eigenvalue weighted by Crippen LogP contribution is -2.30. The number of esters is 3. The van der Waals surface area contributed by atoms with E-state index < -0.39 is 57.8 Å². The summed E-state index contributed by atoms with van der Waals surface area (Å²) >= 11 is 0. The largest absolute Gasteiger partial charge is 0.472 e. The van der Waals surface area contributed by atoms with Gasteiger partial charge in [0, 0.05) is 19.3 Å². The number of aliphatic hydroxyl groups is 1. The Morgan fingerprint density at radius 3 is 1.03 bits per heavy atom. The van der Waals surface area contributed by atoms with Crippen LogP contribution < -0.4 is 0 Å². The van der Waals surface area contributed by atoms with E-state index in [0.717, 1.165) is 103 Å². The van der Waals surface area contributed by atoms with Gasteiger partial charge in [-0.05, 0) is 89.9 Å². The predicted octanol–water partition coefficient (Wildman–Crippen LogP) is 16.8.